The van der Waals surface area contributed by atoms with Gasteiger partial charge in [-0.15, -0.1) is 0 Å². The molecule has 1 heteroatoms. The van der Waals surface area contributed by atoms with Gasteiger partial charge in [0.2, 0.25) is 0 Å². The summed E-state index contributed by atoms with van der Waals surface area (Å²) in [5.74, 6) is 0.999. The van der Waals surface area contributed by atoms with Gasteiger partial charge in [-0.25, -0.2) is 0 Å². The van der Waals surface area contributed by atoms with Crippen LogP contribution in [0.3, 0.4) is 0 Å². The normalized spacial score (nSPS) is 25.3. The zero-order valence-corrected chi connectivity index (χ0v) is 10.3. The Balaban J connectivity index is 1.77. The Kier molecular flexibility index (Phi) is 4.26. The maximum atomic E-state index is 3.64. The number of para-hydroxylation sites is 1. The first-order chi connectivity index (χ1) is 7.88. The lowest BCUT2D eigenvalue weighted by atomic mass is 9.83. The number of rotatable bonds is 4. The summed E-state index contributed by atoms with van der Waals surface area (Å²) >= 11 is 0. The summed E-state index contributed by atoms with van der Waals surface area (Å²) in [7, 11) is 0. The molecule has 0 radical (unpaired) electrons. The van der Waals surface area contributed by atoms with Crippen LogP contribution in [-0.4, -0.2) is 6.04 Å². The van der Waals surface area contributed by atoms with Crippen molar-refractivity contribution in [1.82, 2.24) is 0 Å². The van der Waals surface area contributed by atoms with Crippen molar-refractivity contribution in [2.45, 2.75) is 51.5 Å². The summed E-state index contributed by atoms with van der Waals surface area (Å²) in [6.45, 7) is 2.30. The lowest BCUT2D eigenvalue weighted by molar-refractivity contribution is 0.319. The molecule has 0 aromatic heterocycles. The van der Waals surface area contributed by atoms with Crippen LogP contribution in [0.2, 0.25) is 0 Å². The summed E-state index contributed by atoms with van der Waals surface area (Å²) < 4.78 is 0. The standard InChI is InChI=1S/C15H23N/c1-2-6-13-9-11-15(12-10-13)16-14-7-4-3-5-8-14/h3-5,7-8,13,15-16H,2,6,9-12H2,1H3. The molecule has 0 amide bonds. The molecule has 16 heavy (non-hydrogen) atoms. The van der Waals surface area contributed by atoms with E-state index in [2.05, 4.69) is 42.6 Å². The van der Waals surface area contributed by atoms with E-state index < -0.39 is 0 Å². The molecular formula is C15H23N. The van der Waals surface area contributed by atoms with Crippen LogP contribution in [0.15, 0.2) is 30.3 Å². The predicted octanol–water partition coefficient (Wildman–Crippen LogP) is 4.46. The quantitative estimate of drug-likeness (QED) is 0.785. The molecule has 0 spiro atoms. The fraction of sp³-hybridized carbons (Fsp3) is 0.600. The molecule has 1 aromatic carbocycles. The van der Waals surface area contributed by atoms with Crippen molar-refractivity contribution < 1.29 is 0 Å². The Morgan fingerprint density at radius 1 is 1.06 bits per heavy atom. The second-order valence-corrected chi connectivity index (χ2v) is 5.02. The van der Waals surface area contributed by atoms with Gasteiger partial charge >= 0.3 is 0 Å². The minimum absolute atomic E-state index is 0.704. The van der Waals surface area contributed by atoms with Gasteiger partial charge in [0, 0.05) is 11.7 Å². The van der Waals surface area contributed by atoms with Crippen molar-refractivity contribution in [3.05, 3.63) is 30.3 Å². The van der Waals surface area contributed by atoms with E-state index in [1.807, 2.05) is 0 Å². The first-order valence-electron chi connectivity index (χ1n) is 6.70. The molecule has 88 valence electrons. The molecule has 0 unspecified atom stereocenters. The van der Waals surface area contributed by atoms with Gasteiger partial charge in [-0.05, 0) is 43.7 Å². The van der Waals surface area contributed by atoms with Gasteiger partial charge in [-0.2, -0.15) is 0 Å². The lowest BCUT2D eigenvalue weighted by Crippen LogP contribution is -2.25. The van der Waals surface area contributed by atoms with Gasteiger partial charge in [0.1, 0.15) is 0 Å². The second-order valence-electron chi connectivity index (χ2n) is 5.02. The number of anilines is 1. The summed E-state index contributed by atoms with van der Waals surface area (Å²) in [5.41, 5.74) is 1.28. The van der Waals surface area contributed by atoms with Crippen LogP contribution in [0.5, 0.6) is 0 Å². The Bertz CT molecular complexity index is 286. The van der Waals surface area contributed by atoms with E-state index in [9.17, 15) is 0 Å². The molecule has 0 aliphatic heterocycles. The van der Waals surface area contributed by atoms with Crippen LogP contribution in [0, 0.1) is 5.92 Å². The van der Waals surface area contributed by atoms with E-state index in [1.165, 1.54) is 44.2 Å². The monoisotopic (exact) mass is 217 g/mol. The third-order valence-corrected chi connectivity index (χ3v) is 3.69. The molecule has 0 heterocycles. The van der Waals surface area contributed by atoms with Gasteiger partial charge in [0.25, 0.3) is 0 Å². The predicted molar refractivity (Wildman–Crippen MR) is 70.7 cm³/mol. The molecule has 0 saturated heterocycles. The third kappa shape index (κ3) is 3.26. The highest BCUT2D eigenvalue weighted by Crippen LogP contribution is 2.29. The van der Waals surface area contributed by atoms with E-state index in [-0.39, 0.29) is 0 Å². The number of nitrogens with one attached hydrogen (secondary N) is 1. The van der Waals surface area contributed by atoms with Crippen molar-refractivity contribution >= 4 is 5.69 Å². The van der Waals surface area contributed by atoms with Crippen molar-refractivity contribution in [3.8, 4) is 0 Å². The molecular weight excluding hydrogens is 194 g/mol. The van der Waals surface area contributed by atoms with Crippen LogP contribution in [0.1, 0.15) is 45.4 Å². The molecule has 1 N–H and O–H groups in total. The molecule has 1 aromatic rings. The molecule has 1 nitrogen and oxygen atoms in total. The highest BCUT2D eigenvalue weighted by atomic mass is 14.9. The Morgan fingerprint density at radius 2 is 1.75 bits per heavy atom. The van der Waals surface area contributed by atoms with Crippen molar-refractivity contribution in [2.75, 3.05) is 5.32 Å². The van der Waals surface area contributed by atoms with Crippen molar-refractivity contribution in [1.29, 1.82) is 0 Å². The minimum Gasteiger partial charge on any atom is -0.382 e. The average Bonchev–Trinajstić information content (AvgIpc) is 2.33. The molecule has 1 aliphatic carbocycles. The van der Waals surface area contributed by atoms with Gasteiger partial charge < -0.3 is 5.32 Å². The first kappa shape index (κ1) is 11.5. The first-order valence-corrected chi connectivity index (χ1v) is 6.70. The summed E-state index contributed by atoms with van der Waals surface area (Å²) in [4.78, 5) is 0. The highest BCUT2D eigenvalue weighted by Gasteiger charge is 2.19. The number of hydrogen-bond donors (Lipinski definition) is 1. The molecule has 1 fully saturated rings. The summed E-state index contributed by atoms with van der Waals surface area (Å²) in [6.07, 6.45) is 8.30. The van der Waals surface area contributed by atoms with Gasteiger partial charge in [0.15, 0.2) is 0 Å². The smallest absolute Gasteiger partial charge is 0.0342 e. The van der Waals surface area contributed by atoms with Crippen LogP contribution in [0.4, 0.5) is 5.69 Å². The zero-order chi connectivity index (χ0) is 11.2. The second kappa shape index (κ2) is 5.93. The fourth-order valence-corrected chi connectivity index (χ4v) is 2.77. The number of hydrogen-bond acceptors (Lipinski definition) is 1. The van der Waals surface area contributed by atoms with Crippen LogP contribution in [-0.2, 0) is 0 Å². The van der Waals surface area contributed by atoms with E-state index in [1.54, 1.807) is 0 Å². The zero-order valence-electron chi connectivity index (χ0n) is 10.3. The molecule has 1 saturated carbocycles. The van der Waals surface area contributed by atoms with E-state index >= 15 is 0 Å². The van der Waals surface area contributed by atoms with Crippen LogP contribution < -0.4 is 5.32 Å². The largest absolute Gasteiger partial charge is 0.382 e. The molecule has 2 rings (SSSR count). The Labute approximate surface area is 99.3 Å². The third-order valence-electron chi connectivity index (χ3n) is 3.69. The minimum atomic E-state index is 0.704. The number of benzene rings is 1. The van der Waals surface area contributed by atoms with E-state index in [4.69, 9.17) is 0 Å². The fourth-order valence-electron chi connectivity index (χ4n) is 2.77. The Hall–Kier alpha value is -0.980. The molecule has 0 bridgehead atoms. The maximum Gasteiger partial charge on any atom is 0.0342 e. The van der Waals surface area contributed by atoms with Crippen molar-refractivity contribution in [3.63, 3.8) is 0 Å². The Morgan fingerprint density at radius 3 is 2.38 bits per heavy atom. The van der Waals surface area contributed by atoms with Crippen LogP contribution >= 0.6 is 0 Å². The van der Waals surface area contributed by atoms with Crippen molar-refractivity contribution in [2.24, 2.45) is 5.92 Å². The van der Waals surface area contributed by atoms with Gasteiger partial charge in [0.05, 0.1) is 0 Å². The highest BCUT2D eigenvalue weighted by molar-refractivity contribution is 5.43. The lowest BCUT2D eigenvalue weighted by Gasteiger charge is -2.29. The van der Waals surface area contributed by atoms with Gasteiger partial charge in [-0.3, -0.25) is 0 Å². The molecule has 0 atom stereocenters. The van der Waals surface area contributed by atoms with E-state index in [0.717, 1.165) is 5.92 Å². The van der Waals surface area contributed by atoms with Crippen LogP contribution in [0.25, 0.3) is 0 Å². The molecule has 1 aliphatic rings. The SMILES string of the molecule is CCCC1CCC(Nc2ccccc2)CC1. The summed E-state index contributed by atoms with van der Waals surface area (Å²) in [5, 5.41) is 3.64. The maximum absolute atomic E-state index is 3.64. The topological polar surface area (TPSA) is 12.0 Å². The average molecular weight is 217 g/mol. The van der Waals surface area contributed by atoms with Gasteiger partial charge in [-0.1, -0.05) is 38.0 Å². The van der Waals surface area contributed by atoms with E-state index in [0.29, 0.717) is 6.04 Å². The summed E-state index contributed by atoms with van der Waals surface area (Å²) in [6, 6.07) is 11.3.